The van der Waals surface area contributed by atoms with Gasteiger partial charge in [-0.25, -0.2) is 5.01 Å². The molecule has 6 rings (SSSR count). The zero-order chi connectivity index (χ0) is 21.5. The van der Waals surface area contributed by atoms with Crippen molar-refractivity contribution in [2.24, 2.45) is 5.10 Å². The van der Waals surface area contributed by atoms with Gasteiger partial charge in [-0.3, -0.25) is 0 Å². The van der Waals surface area contributed by atoms with Gasteiger partial charge in [0.2, 0.25) is 6.23 Å². The summed E-state index contributed by atoms with van der Waals surface area (Å²) in [5.74, 6) is 0.921. The number of hydrazone groups is 1. The van der Waals surface area contributed by atoms with Gasteiger partial charge in [0, 0.05) is 22.6 Å². The van der Waals surface area contributed by atoms with E-state index in [-0.39, 0.29) is 12.3 Å². The van der Waals surface area contributed by atoms with E-state index in [1.165, 1.54) is 16.7 Å². The highest BCUT2D eigenvalue weighted by Gasteiger charge is 2.40. The van der Waals surface area contributed by atoms with Gasteiger partial charge < -0.3 is 4.74 Å². The van der Waals surface area contributed by atoms with Gasteiger partial charge in [-0.1, -0.05) is 96.5 Å². The van der Waals surface area contributed by atoms with Crippen molar-refractivity contribution in [3.63, 3.8) is 0 Å². The number of hydrogen-bond acceptors (Lipinski definition) is 3. The smallest absolute Gasteiger partial charge is 0.213 e. The van der Waals surface area contributed by atoms with Crippen LogP contribution in [0.1, 0.15) is 35.4 Å². The van der Waals surface area contributed by atoms with E-state index in [9.17, 15) is 0 Å². The van der Waals surface area contributed by atoms with Gasteiger partial charge in [0.25, 0.3) is 0 Å². The Kier molecular flexibility index (Phi) is 4.70. The lowest BCUT2D eigenvalue weighted by Gasteiger charge is -2.38. The third-order valence-electron chi connectivity index (χ3n) is 6.18. The molecule has 0 unspecified atom stereocenters. The topological polar surface area (TPSA) is 24.8 Å². The van der Waals surface area contributed by atoms with Crippen LogP contribution in [-0.4, -0.2) is 10.7 Å². The van der Waals surface area contributed by atoms with Crippen molar-refractivity contribution < 1.29 is 4.74 Å². The first-order valence-corrected chi connectivity index (χ1v) is 11.2. The Morgan fingerprint density at radius 3 is 2.16 bits per heavy atom. The summed E-state index contributed by atoms with van der Waals surface area (Å²) in [5, 5.41) is 7.87. The molecule has 0 saturated heterocycles. The number of rotatable bonds is 3. The van der Waals surface area contributed by atoms with E-state index in [1.807, 2.05) is 42.5 Å². The van der Waals surface area contributed by atoms with Crippen LogP contribution in [0.25, 0.3) is 11.1 Å². The molecule has 32 heavy (non-hydrogen) atoms. The van der Waals surface area contributed by atoms with Gasteiger partial charge in [-0.2, -0.15) is 5.10 Å². The van der Waals surface area contributed by atoms with Crippen molar-refractivity contribution in [2.45, 2.75) is 18.7 Å². The average molecular weight is 437 g/mol. The third-order valence-corrected chi connectivity index (χ3v) is 6.43. The fourth-order valence-electron chi connectivity index (χ4n) is 4.54. The zero-order valence-electron chi connectivity index (χ0n) is 17.4. The molecule has 4 heteroatoms. The molecular formula is C28H21ClN2O. The Bertz CT molecular complexity index is 1280. The maximum Gasteiger partial charge on any atom is 0.213 e. The van der Waals surface area contributed by atoms with Gasteiger partial charge in [0.15, 0.2) is 0 Å². The van der Waals surface area contributed by atoms with Crippen LogP contribution in [0.5, 0.6) is 5.75 Å². The van der Waals surface area contributed by atoms with Gasteiger partial charge in [-0.05, 0) is 34.9 Å². The van der Waals surface area contributed by atoms with Crippen LogP contribution in [0.4, 0.5) is 0 Å². The van der Waals surface area contributed by atoms with E-state index in [2.05, 4.69) is 65.7 Å². The molecule has 4 aromatic rings. The number of benzene rings is 4. The van der Waals surface area contributed by atoms with E-state index in [1.54, 1.807) is 0 Å². The van der Waals surface area contributed by atoms with E-state index in [4.69, 9.17) is 21.4 Å². The molecule has 0 radical (unpaired) electrons. The molecule has 0 fully saturated rings. The lowest BCUT2D eigenvalue weighted by Crippen LogP contribution is -2.33. The first-order valence-electron chi connectivity index (χ1n) is 10.8. The molecule has 0 aromatic heterocycles. The molecule has 3 nitrogen and oxygen atoms in total. The molecule has 0 aliphatic carbocycles. The molecule has 2 heterocycles. The number of ether oxygens (including phenoxy) is 1. The molecule has 0 N–H and O–H groups in total. The van der Waals surface area contributed by atoms with E-state index >= 15 is 0 Å². The quantitative estimate of drug-likeness (QED) is 0.338. The zero-order valence-corrected chi connectivity index (χ0v) is 18.1. The summed E-state index contributed by atoms with van der Waals surface area (Å²) in [4.78, 5) is 0. The Hall–Kier alpha value is -3.56. The van der Waals surface area contributed by atoms with Gasteiger partial charge in [0.05, 0.1) is 11.8 Å². The highest BCUT2D eigenvalue weighted by molar-refractivity contribution is 6.30. The van der Waals surface area contributed by atoms with E-state index in [0.717, 1.165) is 29.0 Å². The molecule has 0 amide bonds. The van der Waals surface area contributed by atoms with Crippen LogP contribution in [0.15, 0.2) is 108 Å². The molecule has 156 valence electrons. The number of fused-ring (bicyclic) bond motifs is 3. The lowest BCUT2D eigenvalue weighted by atomic mass is 9.95. The Morgan fingerprint density at radius 1 is 0.719 bits per heavy atom. The largest absolute Gasteiger partial charge is 0.464 e. The van der Waals surface area contributed by atoms with Gasteiger partial charge in [-0.15, -0.1) is 0 Å². The minimum absolute atomic E-state index is 0.143. The fraction of sp³-hybridized carbons (Fsp3) is 0.107. The monoisotopic (exact) mass is 436 g/mol. The van der Waals surface area contributed by atoms with Crippen molar-refractivity contribution in [3.8, 4) is 16.9 Å². The minimum Gasteiger partial charge on any atom is -0.464 e. The van der Waals surface area contributed by atoms with Crippen molar-refractivity contribution >= 4 is 17.3 Å². The molecule has 0 spiro atoms. The molecule has 2 atom stereocenters. The second-order valence-electron chi connectivity index (χ2n) is 8.15. The van der Waals surface area contributed by atoms with Crippen LogP contribution < -0.4 is 4.74 Å². The summed E-state index contributed by atoms with van der Waals surface area (Å²) >= 11 is 6.12. The normalized spacial score (nSPS) is 19.0. The highest BCUT2D eigenvalue weighted by Crippen LogP contribution is 2.47. The second-order valence-corrected chi connectivity index (χ2v) is 8.59. The second kappa shape index (κ2) is 7.85. The van der Waals surface area contributed by atoms with Crippen LogP contribution in [0.3, 0.4) is 0 Å². The SMILES string of the molecule is Clc1ccc([C@H]2Oc3ccccc3[C@H]3CC(c4ccc(-c5ccccc5)cc4)=NN32)cc1. The Morgan fingerprint density at radius 2 is 1.38 bits per heavy atom. The summed E-state index contributed by atoms with van der Waals surface area (Å²) in [7, 11) is 0. The number of para-hydroxylation sites is 1. The lowest BCUT2D eigenvalue weighted by molar-refractivity contribution is -0.0190. The first kappa shape index (κ1) is 19.1. The number of halogens is 1. The molecular weight excluding hydrogens is 416 g/mol. The maximum atomic E-state index is 6.41. The Balaban J connectivity index is 1.36. The van der Waals surface area contributed by atoms with Crippen molar-refractivity contribution in [2.75, 3.05) is 0 Å². The van der Waals surface area contributed by atoms with Crippen LogP contribution in [0.2, 0.25) is 5.02 Å². The molecule has 2 aliphatic heterocycles. The predicted molar refractivity (Wildman–Crippen MR) is 129 cm³/mol. The fourth-order valence-corrected chi connectivity index (χ4v) is 4.67. The van der Waals surface area contributed by atoms with Crippen LogP contribution in [0, 0.1) is 0 Å². The molecule has 0 saturated carbocycles. The van der Waals surface area contributed by atoms with Crippen molar-refractivity contribution in [3.05, 3.63) is 125 Å². The van der Waals surface area contributed by atoms with Crippen LogP contribution >= 0.6 is 11.6 Å². The minimum atomic E-state index is -0.284. The Labute approximate surface area is 192 Å². The molecule has 0 bridgehead atoms. The van der Waals surface area contributed by atoms with Crippen LogP contribution in [-0.2, 0) is 0 Å². The van der Waals surface area contributed by atoms with E-state index < -0.39 is 0 Å². The summed E-state index contributed by atoms with van der Waals surface area (Å²) in [6.07, 6.45) is 0.558. The van der Waals surface area contributed by atoms with Crippen molar-refractivity contribution in [1.29, 1.82) is 0 Å². The molecule has 2 aliphatic rings. The van der Waals surface area contributed by atoms with Crippen molar-refractivity contribution in [1.82, 2.24) is 5.01 Å². The summed E-state index contributed by atoms with van der Waals surface area (Å²) in [5.41, 5.74) is 6.87. The summed E-state index contributed by atoms with van der Waals surface area (Å²) < 4.78 is 6.41. The number of hydrogen-bond donors (Lipinski definition) is 0. The standard InChI is InChI=1S/C28H21ClN2O/c29-23-16-14-22(15-17-23)28-31-26(24-8-4-5-9-27(24)32-28)18-25(30-31)21-12-10-20(11-13-21)19-6-2-1-3-7-19/h1-17,26,28H,18H2/t26-,28-/m1/s1. The third kappa shape index (κ3) is 3.35. The summed E-state index contributed by atoms with van der Waals surface area (Å²) in [6.45, 7) is 0. The predicted octanol–water partition coefficient (Wildman–Crippen LogP) is 7.25. The van der Waals surface area contributed by atoms with Gasteiger partial charge >= 0.3 is 0 Å². The maximum absolute atomic E-state index is 6.41. The molecule has 4 aromatic carbocycles. The number of nitrogens with zero attached hydrogens (tertiary/aromatic N) is 2. The van der Waals surface area contributed by atoms with E-state index in [0.29, 0.717) is 5.02 Å². The first-order chi connectivity index (χ1) is 15.8. The van der Waals surface area contributed by atoms with Gasteiger partial charge in [0.1, 0.15) is 5.75 Å². The average Bonchev–Trinajstić information content (AvgIpc) is 3.31. The highest BCUT2D eigenvalue weighted by atomic mass is 35.5. The summed E-state index contributed by atoms with van der Waals surface area (Å²) in [6, 6.07) is 35.4.